The second kappa shape index (κ2) is 11.4. The van der Waals surface area contributed by atoms with Gasteiger partial charge in [0.1, 0.15) is 5.75 Å². The molecule has 0 spiro atoms. The molecule has 0 saturated carbocycles. The van der Waals surface area contributed by atoms with Crippen LogP contribution in [0.15, 0.2) is 54.6 Å². The molecule has 0 radical (unpaired) electrons. The Balaban J connectivity index is 1.65. The average molecular weight is 384 g/mol. The number of para-hydroxylation sites is 2. The van der Waals surface area contributed by atoms with Crippen molar-refractivity contribution in [2.45, 2.75) is 19.8 Å². The largest absolute Gasteiger partial charge is 0.492 e. The lowest BCUT2D eigenvalue weighted by atomic mass is 10.1. The predicted molar refractivity (Wildman–Crippen MR) is 105 cm³/mol. The van der Waals surface area contributed by atoms with Crippen LogP contribution < -0.4 is 15.4 Å². The van der Waals surface area contributed by atoms with Crippen LogP contribution in [-0.2, 0) is 25.5 Å². The summed E-state index contributed by atoms with van der Waals surface area (Å²) in [5.74, 6) is -0.656. The van der Waals surface area contributed by atoms with Gasteiger partial charge in [-0.25, -0.2) is 0 Å². The van der Waals surface area contributed by atoms with Crippen LogP contribution in [0.3, 0.4) is 0 Å². The summed E-state index contributed by atoms with van der Waals surface area (Å²) in [6, 6.07) is 16.3. The Bertz CT molecular complexity index is 792. The fourth-order valence-corrected chi connectivity index (χ4v) is 2.40. The van der Waals surface area contributed by atoms with E-state index in [0.29, 0.717) is 18.0 Å². The van der Waals surface area contributed by atoms with Crippen molar-refractivity contribution in [3.05, 3.63) is 60.2 Å². The molecule has 0 aliphatic heterocycles. The normalized spacial score (nSPS) is 10.0. The second-order valence-electron chi connectivity index (χ2n) is 5.90. The summed E-state index contributed by atoms with van der Waals surface area (Å²) in [6.45, 7) is 2.06. The number of hydrogen-bond donors (Lipinski definition) is 2. The topological polar surface area (TPSA) is 93.7 Å². The number of nitrogens with one attached hydrogen (secondary N) is 2. The molecule has 0 unspecified atom stereocenters. The average Bonchev–Trinajstić information content (AvgIpc) is 2.69. The number of carbonyl (C=O) groups is 3. The molecular weight excluding hydrogens is 360 g/mol. The van der Waals surface area contributed by atoms with E-state index >= 15 is 0 Å². The van der Waals surface area contributed by atoms with Crippen molar-refractivity contribution in [3.63, 3.8) is 0 Å². The smallest absolute Gasteiger partial charge is 0.308 e. The van der Waals surface area contributed by atoms with Gasteiger partial charge in [-0.15, -0.1) is 0 Å². The SMILES string of the molecule is CCOc1ccccc1NC(=O)COC(=O)CCNC(=O)Cc1ccccc1. The summed E-state index contributed by atoms with van der Waals surface area (Å²) in [5.41, 5.74) is 1.41. The highest BCUT2D eigenvalue weighted by molar-refractivity contribution is 5.94. The fraction of sp³-hybridized carbons (Fsp3) is 0.286. The van der Waals surface area contributed by atoms with Crippen LogP contribution in [0.5, 0.6) is 5.75 Å². The van der Waals surface area contributed by atoms with Gasteiger partial charge in [0.15, 0.2) is 6.61 Å². The van der Waals surface area contributed by atoms with Gasteiger partial charge in [0.25, 0.3) is 5.91 Å². The molecule has 0 fully saturated rings. The summed E-state index contributed by atoms with van der Waals surface area (Å²) in [4.78, 5) is 35.5. The summed E-state index contributed by atoms with van der Waals surface area (Å²) < 4.78 is 10.4. The molecule has 28 heavy (non-hydrogen) atoms. The molecule has 0 aromatic heterocycles. The number of benzene rings is 2. The van der Waals surface area contributed by atoms with Crippen molar-refractivity contribution in [2.24, 2.45) is 0 Å². The van der Waals surface area contributed by atoms with Gasteiger partial charge in [0.05, 0.1) is 25.1 Å². The third-order valence-corrected chi connectivity index (χ3v) is 3.68. The van der Waals surface area contributed by atoms with E-state index in [0.717, 1.165) is 5.56 Å². The Labute approximate surface area is 164 Å². The Hall–Kier alpha value is -3.35. The maximum Gasteiger partial charge on any atom is 0.308 e. The first-order valence-electron chi connectivity index (χ1n) is 9.06. The second-order valence-corrected chi connectivity index (χ2v) is 5.90. The van der Waals surface area contributed by atoms with Crippen molar-refractivity contribution in [3.8, 4) is 5.75 Å². The van der Waals surface area contributed by atoms with Crippen LogP contribution in [0.1, 0.15) is 18.9 Å². The fourth-order valence-electron chi connectivity index (χ4n) is 2.40. The predicted octanol–water partition coefficient (Wildman–Crippen LogP) is 2.32. The van der Waals surface area contributed by atoms with Gasteiger partial charge < -0.3 is 20.1 Å². The minimum absolute atomic E-state index is 0.0106. The third-order valence-electron chi connectivity index (χ3n) is 3.68. The van der Waals surface area contributed by atoms with Gasteiger partial charge in [0.2, 0.25) is 5.91 Å². The monoisotopic (exact) mass is 384 g/mol. The van der Waals surface area contributed by atoms with E-state index in [1.54, 1.807) is 24.3 Å². The van der Waals surface area contributed by atoms with E-state index in [1.807, 2.05) is 37.3 Å². The van der Waals surface area contributed by atoms with Gasteiger partial charge in [-0.3, -0.25) is 14.4 Å². The number of anilines is 1. The number of esters is 1. The zero-order chi connectivity index (χ0) is 20.2. The van der Waals surface area contributed by atoms with Crippen LogP contribution in [0.2, 0.25) is 0 Å². The molecule has 0 aliphatic rings. The first-order valence-corrected chi connectivity index (χ1v) is 9.06. The first kappa shape index (κ1) is 21.0. The quantitative estimate of drug-likeness (QED) is 0.613. The maximum absolute atomic E-state index is 11.9. The number of rotatable bonds is 10. The molecule has 7 nitrogen and oxygen atoms in total. The lowest BCUT2D eigenvalue weighted by Gasteiger charge is -2.11. The maximum atomic E-state index is 11.9. The van der Waals surface area contributed by atoms with E-state index in [1.165, 1.54) is 0 Å². The molecule has 2 amide bonds. The molecule has 2 aromatic carbocycles. The van der Waals surface area contributed by atoms with Crippen molar-refractivity contribution in [1.82, 2.24) is 5.32 Å². The summed E-state index contributed by atoms with van der Waals surface area (Å²) in [7, 11) is 0. The molecule has 0 aliphatic carbocycles. The molecule has 2 rings (SSSR count). The number of hydrogen-bond acceptors (Lipinski definition) is 5. The standard InChI is InChI=1S/C21H24N2O5/c1-2-27-18-11-7-6-10-17(18)23-20(25)15-28-21(26)12-13-22-19(24)14-16-8-4-3-5-9-16/h3-11H,2,12-15H2,1H3,(H,22,24)(H,23,25). The third kappa shape index (κ3) is 7.49. The number of amides is 2. The van der Waals surface area contributed by atoms with Gasteiger partial charge in [-0.2, -0.15) is 0 Å². The van der Waals surface area contributed by atoms with Crippen LogP contribution >= 0.6 is 0 Å². The van der Waals surface area contributed by atoms with Gasteiger partial charge >= 0.3 is 5.97 Å². The van der Waals surface area contributed by atoms with Crippen LogP contribution in [0.4, 0.5) is 5.69 Å². The minimum Gasteiger partial charge on any atom is -0.492 e. The van der Waals surface area contributed by atoms with Crippen molar-refractivity contribution in [1.29, 1.82) is 0 Å². The van der Waals surface area contributed by atoms with E-state index < -0.39 is 18.5 Å². The lowest BCUT2D eigenvalue weighted by Crippen LogP contribution is -2.28. The molecule has 0 atom stereocenters. The highest BCUT2D eigenvalue weighted by Gasteiger charge is 2.11. The van der Waals surface area contributed by atoms with Gasteiger partial charge in [0, 0.05) is 6.54 Å². The molecule has 0 saturated heterocycles. The summed E-state index contributed by atoms with van der Waals surface area (Å²) in [5, 5.41) is 5.30. The molecule has 0 heterocycles. The Morgan fingerprint density at radius 1 is 0.929 bits per heavy atom. The van der Waals surface area contributed by atoms with E-state index in [2.05, 4.69) is 10.6 Å². The zero-order valence-electron chi connectivity index (χ0n) is 15.8. The number of carbonyl (C=O) groups excluding carboxylic acids is 3. The van der Waals surface area contributed by atoms with Crippen LogP contribution in [-0.4, -0.2) is 37.5 Å². The lowest BCUT2D eigenvalue weighted by molar-refractivity contribution is -0.147. The highest BCUT2D eigenvalue weighted by atomic mass is 16.5. The molecular formula is C21H24N2O5. The van der Waals surface area contributed by atoms with Gasteiger partial charge in [-0.05, 0) is 24.6 Å². The van der Waals surface area contributed by atoms with Crippen molar-refractivity contribution in [2.75, 3.05) is 25.1 Å². The minimum atomic E-state index is -0.562. The molecule has 7 heteroatoms. The molecule has 2 N–H and O–H groups in total. The molecule has 2 aromatic rings. The van der Waals surface area contributed by atoms with Crippen LogP contribution in [0.25, 0.3) is 0 Å². The van der Waals surface area contributed by atoms with Crippen molar-refractivity contribution >= 4 is 23.5 Å². The van der Waals surface area contributed by atoms with Crippen molar-refractivity contribution < 1.29 is 23.9 Å². The zero-order valence-corrected chi connectivity index (χ0v) is 15.8. The molecule has 0 bridgehead atoms. The van der Waals surface area contributed by atoms with E-state index in [4.69, 9.17) is 9.47 Å². The van der Waals surface area contributed by atoms with Crippen LogP contribution in [0, 0.1) is 0 Å². The Kier molecular flexibility index (Phi) is 8.52. The summed E-state index contributed by atoms with van der Waals surface area (Å²) in [6.07, 6.45) is 0.237. The first-order chi connectivity index (χ1) is 13.6. The van der Waals surface area contributed by atoms with E-state index in [9.17, 15) is 14.4 Å². The summed E-state index contributed by atoms with van der Waals surface area (Å²) >= 11 is 0. The number of ether oxygens (including phenoxy) is 2. The highest BCUT2D eigenvalue weighted by Crippen LogP contribution is 2.23. The Morgan fingerprint density at radius 2 is 1.64 bits per heavy atom. The Morgan fingerprint density at radius 3 is 2.39 bits per heavy atom. The molecule has 148 valence electrons. The van der Waals surface area contributed by atoms with E-state index in [-0.39, 0.29) is 25.3 Å². The van der Waals surface area contributed by atoms with Gasteiger partial charge in [-0.1, -0.05) is 42.5 Å².